The lowest BCUT2D eigenvalue weighted by atomic mass is 10.2. The SMILES string of the molecule is Cc1cccc(NC(=O)c2cnc(Nc3ccc(F)c(F)c3)nc2)c1. The Balaban J connectivity index is 1.69. The summed E-state index contributed by atoms with van der Waals surface area (Å²) >= 11 is 0. The first-order valence-corrected chi connectivity index (χ1v) is 7.43. The van der Waals surface area contributed by atoms with Gasteiger partial charge in [-0.15, -0.1) is 0 Å². The molecule has 0 aliphatic carbocycles. The Morgan fingerprint density at radius 1 is 0.960 bits per heavy atom. The molecule has 0 fully saturated rings. The number of nitrogens with one attached hydrogen (secondary N) is 2. The zero-order valence-electron chi connectivity index (χ0n) is 13.3. The molecule has 0 aliphatic heterocycles. The maximum Gasteiger partial charge on any atom is 0.258 e. The van der Waals surface area contributed by atoms with Gasteiger partial charge in [0.05, 0.1) is 5.56 Å². The molecule has 126 valence electrons. The number of nitrogens with zero attached hydrogens (tertiary/aromatic N) is 2. The van der Waals surface area contributed by atoms with E-state index in [-0.39, 0.29) is 17.4 Å². The molecular formula is C18H14F2N4O. The summed E-state index contributed by atoms with van der Waals surface area (Å²) in [6.45, 7) is 1.93. The average molecular weight is 340 g/mol. The molecule has 2 aromatic carbocycles. The Morgan fingerprint density at radius 3 is 2.40 bits per heavy atom. The molecule has 1 heterocycles. The summed E-state index contributed by atoms with van der Waals surface area (Å²) < 4.78 is 26.1. The molecule has 0 spiro atoms. The molecule has 1 amide bonds. The molecule has 1 aromatic heterocycles. The van der Waals surface area contributed by atoms with Gasteiger partial charge in [0.1, 0.15) is 0 Å². The van der Waals surface area contributed by atoms with Crippen LogP contribution in [0.1, 0.15) is 15.9 Å². The fraction of sp³-hybridized carbons (Fsp3) is 0.0556. The van der Waals surface area contributed by atoms with E-state index in [1.807, 2.05) is 25.1 Å². The minimum atomic E-state index is -0.973. The van der Waals surface area contributed by atoms with E-state index in [1.165, 1.54) is 18.5 Å². The van der Waals surface area contributed by atoms with Crippen LogP contribution in [0.15, 0.2) is 54.9 Å². The number of amides is 1. The normalized spacial score (nSPS) is 10.4. The quantitative estimate of drug-likeness (QED) is 0.752. The summed E-state index contributed by atoms with van der Waals surface area (Å²) in [6.07, 6.45) is 2.70. The number of rotatable bonds is 4. The van der Waals surface area contributed by atoms with Gasteiger partial charge in [0, 0.05) is 29.8 Å². The van der Waals surface area contributed by atoms with Crippen LogP contribution < -0.4 is 10.6 Å². The molecule has 7 heteroatoms. The lowest BCUT2D eigenvalue weighted by molar-refractivity contribution is 0.102. The van der Waals surface area contributed by atoms with Crippen molar-refractivity contribution in [1.29, 1.82) is 0 Å². The molecule has 3 aromatic rings. The molecular weight excluding hydrogens is 326 g/mol. The van der Waals surface area contributed by atoms with Crippen LogP contribution in [-0.4, -0.2) is 15.9 Å². The monoisotopic (exact) mass is 340 g/mol. The van der Waals surface area contributed by atoms with Crippen molar-refractivity contribution < 1.29 is 13.6 Å². The van der Waals surface area contributed by atoms with Gasteiger partial charge in [0.25, 0.3) is 5.91 Å². The van der Waals surface area contributed by atoms with E-state index < -0.39 is 11.6 Å². The third-order valence-electron chi connectivity index (χ3n) is 3.37. The van der Waals surface area contributed by atoms with Crippen LogP contribution in [-0.2, 0) is 0 Å². The molecule has 0 radical (unpaired) electrons. The zero-order chi connectivity index (χ0) is 17.8. The summed E-state index contributed by atoms with van der Waals surface area (Å²) in [5.41, 5.74) is 2.28. The fourth-order valence-corrected chi connectivity index (χ4v) is 2.14. The molecule has 25 heavy (non-hydrogen) atoms. The third kappa shape index (κ3) is 4.14. The van der Waals surface area contributed by atoms with E-state index in [2.05, 4.69) is 20.6 Å². The number of hydrogen-bond donors (Lipinski definition) is 2. The Bertz CT molecular complexity index is 913. The van der Waals surface area contributed by atoms with Crippen LogP contribution >= 0.6 is 0 Å². The van der Waals surface area contributed by atoms with E-state index in [1.54, 1.807) is 6.07 Å². The number of halogens is 2. The van der Waals surface area contributed by atoms with Crippen molar-refractivity contribution in [1.82, 2.24) is 9.97 Å². The number of carbonyl (C=O) groups excluding carboxylic acids is 1. The van der Waals surface area contributed by atoms with Gasteiger partial charge in [-0.3, -0.25) is 4.79 Å². The molecule has 5 nitrogen and oxygen atoms in total. The first-order valence-electron chi connectivity index (χ1n) is 7.43. The highest BCUT2D eigenvalue weighted by atomic mass is 19.2. The van der Waals surface area contributed by atoms with Crippen molar-refractivity contribution in [3.05, 3.63) is 77.6 Å². The van der Waals surface area contributed by atoms with E-state index in [0.717, 1.165) is 17.7 Å². The maximum absolute atomic E-state index is 13.2. The largest absolute Gasteiger partial charge is 0.324 e. The Hall–Kier alpha value is -3.35. The predicted octanol–water partition coefficient (Wildman–Crippen LogP) is 4.06. The van der Waals surface area contributed by atoms with E-state index in [9.17, 15) is 13.6 Å². The lowest BCUT2D eigenvalue weighted by Crippen LogP contribution is -2.13. The molecule has 0 atom stereocenters. The van der Waals surface area contributed by atoms with E-state index in [0.29, 0.717) is 11.4 Å². The van der Waals surface area contributed by atoms with Gasteiger partial charge in [0.15, 0.2) is 11.6 Å². The summed E-state index contributed by atoms with van der Waals surface area (Å²) in [5.74, 6) is -2.09. The summed E-state index contributed by atoms with van der Waals surface area (Å²) in [4.78, 5) is 20.2. The topological polar surface area (TPSA) is 66.9 Å². The van der Waals surface area contributed by atoms with Crippen molar-refractivity contribution in [3.63, 3.8) is 0 Å². The van der Waals surface area contributed by atoms with Crippen LogP contribution in [0.25, 0.3) is 0 Å². The number of benzene rings is 2. The number of anilines is 3. The molecule has 0 unspecified atom stereocenters. The fourth-order valence-electron chi connectivity index (χ4n) is 2.14. The second kappa shape index (κ2) is 7.04. The van der Waals surface area contributed by atoms with E-state index >= 15 is 0 Å². The number of hydrogen-bond acceptors (Lipinski definition) is 4. The minimum absolute atomic E-state index is 0.165. The zero-order valence-corrected chi connectivity index (χ0v) is 13.3. The summed E-state index contributed by atoms with van der Waals surface area (Å²) in [5, 5.41) is 5.49. The van der Waals surface area contributed by atoms with Gasteiger partial charge < -0.3 is 10.6 Å². The highest BCUT2D eigenvalue weighted by molar-refractivity contribution is 6.03. The van der Waals surface area contributed by atoms with E-state index in [4.69, 9.17) is 0 Å². The Kier molecular flexibility index (Phi) is 4.65. The summed E-state index contributed by atoms with van der Waals surface area (Å²) in [6, 6.07) is 10.8. The number of aryl methyl sites for hydroxylation is 1. The van der Waals surface area contributed by atoms with Crippen molar-refractivity contribution in [2.24, 2.45) is 0 Å². The van der Waals surface area contributed by atoms with Crippen LogP contribution in [0.3, 0.4) is 0 Å². The Labute approximate surface area is 142 Å². The second-order valence-corrected chi connectivity index (χ2v) is 5.37. The molecule has 0 aliphatic rings. The van der Waals surface area contributed by atoms with Crippen LogP contribution in [0.5, 0.6) is 0 Å². The molecule has 0 saturated carbocycles. The Morgan fingerprint density at radius 2 is 1.72 bits per heavy atom. The number of carbonyl (C=O) groups is 1. The first-order chi connectivity index (χ1) is 12.0. The molecule has 3 rings (SSSR count). The average Bonchev–Trinajstić information content (AvgIpc) is 2.59. The van der Waals surface area contributed by atoms with Crippen molar-refractivity contribution >= 4 is 23.2 Å². The van der Waals surface area contributed by atoms with Gasteiger partial charge in [-0.05, 0) is 36.8 Å². The highest BCUT2D eigenvalue weighted by Crippen LogP contribution is 2.17. The first kappa shape index (κ1) is 16.5. The summed E-state index contributed by atoms with van der Waals surface area (Å²) in [7, 11) is 0. The van der Waals surface area contributed by atoms with Crippen molar-refractivity contribution in [2.75, 3.05) is 10.6 Å². The standard InChI is InChI=1S/C18H14F2N4O/c1-11-3-2-4-13(7-11)23-17(25)12-9-21-18(22-10-12)24-14-5-6-15(19)16(20)8-14/h2-10H,1H3,(H,23,25)(H,21,22,24). The van der Waals surface area contributed by atoms with Crippen LogP contribution in [0, 0.1) is 18.6 Å². The molecule has 0 bridgehead atoms. The van der Waals surface area contributed by atoms with Crippen molar-refractivity contribution in [2.45, 2.75) is 6.92 Å². The van der Waals surface area contributed by atoms with Gasteiger partial charge in [-0.1, -0.05) is 12.1 Å². The minimum Gasteiger partial charge on any atom is -0.324 e. The number of aromatic nitrogens is 2. The molecule has 0 saturated heterocycles. The van der Waals surface area contributed by atoms with Crippen molar-refractivity contribution in [3.8, 4) is 0 Å². The third-order valence-corrected chi connectivity index (χ3v) is 3.37. The van der Waals surface area contributed by atoms with Gasteiger partial charge in [-0.25, -0.2) is 18.7 Å². The van der Waals surface area contributed by atoms with Gasteiger partial charge in [-0.2, -0.15) is 0 Å². The smallest absolute Gasteiger partial charge is 0.258 e. The maximum atomic E-state index is 13.2. The second-order valence-electron chi connectivity index (χ2n) is 5.37. The predicted molar refractivity (Wildman–Crippen MR) is 90.8 cm³/mol. The van der Waals surface area contributed by atoms with Crippen LogP contribution in [0.4, 0.5) is 26.1 Å². The lowest BCUT2D eigenvalue weighted by Gasteiger charge is -2.07. The van der Waals surface area contributed by atoms with Crippen LogP contribution in [0.2, 0.25) is 0 Å². The molecule has 2 N–H and O–H groups in total. The van der Waals surface area contributed by atoms with Gasteiger partial charge >= 0.3 is 0 Å². The van der Waals surface area contributed by atoms with Gasteiger partial charge in [0.2, 0.25) is 5.95 Å². The highest BCUT2D eigenvalue weighted by Gasteiger charge is 2.09.